The van der Waals surface area contributed by atoms with Gasteiger partial charge in [-0.1, -0.05) is 12.1 Å². The molecule has 0 saturated heterocycles. The van der Waals surface area contributed by atoms with Crippen molar-refractivity contribution in [3.63, 3.8) is 0 Å². The third kappa shape index (κ3) is 1.74. The van der Waals surface area contributed by atoms with Crippen molar-refractivity contribution in [1.29, 1.82) is 0 Å². The van der Waals surface area contributed by atoms with E-state index in [-0.39, 0.29) is 6.04 Å². The minimum atomic E-state index is 0.169. The number of hydrogen-bond donors (Lipinski definition) is 1. The first-order valence-electron chi connectivity index (χ1n) is 5.52. The summed E-state index contributed by atoms with van der Waals surface area (Å²) in [5.74, 6) is 1.11. The lowest BCUT2D eigenvalue weighted by Crippen LogP contribution is -2.04. The maximum absolute atomic E-state index is 9.39. The van der Waals surface area contributed by atoms with Crippen LogP contribution in [0.4, 0.5) is 0 Å². The van der Waals surface area contributed by atoms with E-state index in [4.69, 9.17) is 0 Å². The summed E-state index contributed by atoms with van der Waals surface area (Å²) in [6, 6.07) is 7.97. The van der Waals surface area contributed by atoms with Crippen molar-refractivity contribution in [2.75, 3.05) is 0 Å². The molecular weight excluding hydrogens is 188 g/mol. The van der Waals surface area contributed by atoms with Crippen LogP contribution in [0.25, 0.3) is 0 Å². The van der Waals surface area contributed by atoms with Gasteiger partial charge in [-0.15, -0.1) is 0 Å². The predicted molar refractivity (Wildman–Crippen MR) is 56.8 cm³/mol. The second kappa shape index (κ2) is 3.33. The van der Waals surface area contributed by atoms with Crippen LogP contribution in [0, 0.1) is 5.92 Å². The number of rotatable bonds is 2. The highest BCUT2D eigenvalue weighted by atomic mass is 16.3. The molecule has 1 aromatic carbocycles. The zero-order chi connectivity index (χ0) is 10.3. The highest BCUT2D eigenvalue weighted by Crippen LogP contribution is 2.43. The highest BCUT2D eigenvalue weighted by molar-refractivity contribution is 5.30. The molecule has 0 aromatic heterocycles. The Hall–Kier alpha value is -1.38. The molecule has 0 radical (unpaired) electrons. The molecule has 1 fully saturated rings. The van der Waals surface area contributed by atoms with Crippen molar-refractivity contribution in [1.82, 2.24) is 0 Å². The van der Waals surface area contributed by atoms with Gasteiger partial charge in [0.15, 0.2) is 0 Å². The van der Waals surface area contributed by atoms with E-state index in [1.807, 2.05) is 12.1 Å². The molecule has 2 atom stereocenters. The van der Waals surface area contributed by atoms with Crippen LogP contribution in [0.15, 0.2) is 34.5 Å². The summed E-state index contributed by atoms with van der Waals surface area (Å²) in [5, 5.41) is 18.0. The Morgan fingerprint density at radius 3 is 2.80 bits per heavy atom. The fourth-order valence-corrected chi connectivity index (χ4v) is 2.19. The van der Waals surface area contributed by atoms with E-state index < -0.39 is 0 Å². The van der Waals surface area contributed by atoms with Crippen molar-refractivity contribution >= 4 is 0 Å². The normalized spacial score (nSPS) is 29.6. The van der Waals surface area contributed by atoms with Crippen LogP contribution >= 0.6 is 0 Å². The maximum Gasteiger partial charge on any atom is 0.115 e. The monoisotopic (exact) mass is 202 g/mol. The van der Waals surface area contributed by atoms with E-state index in [9.17, 15) is 5.11 Å². The molecule has 1 aliphatic carbocycles. The number of nitrogens with zero attached hydrogens (tertiary/aromatic N) is 2. The predicted octanol–water partition coefficient (Wildman–Crippen LogP) is 3.07. The van der Waals surface area contributed by atoms with E-state index in [1.54, 1.807) is 12.1 Å². The molecule has 15 heavy (non-hydrogen) atoms. The topological polar surface area (TPSA) is 45.0 Å². The lowest BCUT2D eigenvalue weighted by Gasteiger charge is -2.07. The van der Waals surface area contributed by atoms with Gasteiger partial charge in [0.2, 0.25) is 0 Å². The van der Waals surface area contributed by atoms with Crippen molar-refractivity contribution in [2.24, 2.45) is 16.1 Å². The van der Waals surface area contributed by atoms with Crippen LogP contribution in [0.5, 0.6) is 5.75 Å². The van der Waals surface area contributed by atoms with E-state index in [2.05, 4.69) is 10.2 Å². The number of phenolic OH excluding ortho intramolecular Hbond substituents is 1. The Kier molecular flexibility index (Phi) is 1.97. The summed E-state index contributed by atoms with van der Waals surface area (Å²) < 4.78 is 0. The van der Waals surface area contributed by atoms with E-state index in [0.717, 1.165) is 17.9 Å². The number of benzene rings is 1. The van der Waals surface area contributed by atoms with Gasteiger partial charge in [-0.2, -0.15) is 10.2 Å². The molecule has 1 aromatic rings. The molecule has 0 bridgehead atoms. The highest BCUT2D eigenvalue weighted by Gasteiger charge is 2.36. The summed E-state index contributed by atoms with van der Waals surface area (Å²) in [6.45, 7) is 0. The lowest BCUT2D eigenvalue weighted by molar-refractivity contribution is 0.473. The number of phenols is 1. The average Bonchev–Trinajstić information content (AvgIpc) is 2.97. The Morgan fingerprint density at radius 1 is 1.20 bits per heavy atom. The molecule has 1 N–H and O–H groups in total. The van der Waals surface area contributed by atoms with Crippen LogP contribution in [0.1, 0.15) is 30.9 Å². The first-order valence-corrected chi connectivity index (χ1v) is 5.52. The molecule has 3 heteroatoms. The van der Waals surface area contributed by atoms with Gasteiger partial charge in [0.05, 0.1) is 12.1 Å². The molecule has 1 aliphatic heterocycles. The van der Waals surface area contributed by atoms with Crippen molar-refractivity contribution in [3.8, 4) is 5.75 Å². The largest absolute Gasteiger partial charge is 0.508 e. The van der Waals surface area contributed by atoms with Gasteiger partial charge in [0.25, 0.3) is 0 Å². The average molecular weight is 202 g/mol. The van der Waals surface area contributed by atoms with Crippen molar-refractivity contribution in [2.45, 2.75) is 31.3 Å². The molecule has 0 spiro atoms. The fourth-order valence-electron chi connectivity index (χ4n) is 2.19. The van der Waals surface area contributed by atoms with Gasteiger partial charge in [0.1, 0.15) is 5.75 Å². The zero-order valence-electron chi connectivity index (χ0n) is 8.50. The second-order valence-corrected chi connectivity index (χ2v) is 4.48. The lowest BCUT2D eigenvalue weighted by atomic mass is 9.99. The van der Waals surface area contributed by atoms with Crippen molar-refractivity contribution in [3.05, 3.63) is 29.8 Å². The van der Waals surface area contributed by atoms with Gasteiger partial charge >= 0.3 is 0 Å². The standard InChI is InChI=1S/C12H14N2O/c15-10-3-1-2-9(6-10)12-7-11(13-14-12)8-4-5-8/h1-3,6,8,11-12,15H,4-5,7H2. The first kappa shape index (κ1) is 8.89. The number of hydrogen-bond acceptors (Lipinski definition) is 3. The van der Waals surface area contributed by atoms with Crippen LogP contribution < -0.4 is 0 Å². The molecule has 3 rings (SSSR count). The summed E-state index contributed by atoms with van der Waals surface area (Å²) in [4.78, 5) is 0. The molecule has 3 nitrogen and oxygen atoms in total. The number of azo groups is 1. The van der Waals surface area contributed by atoms with Crippen LogP contribution in [0.2, 0.25) is 0 Å². The summed E-state index contributed by atoms with van der Waals surface area (Å²) in [6.07, 6.45) is 3.65. The van der Waals surface area contributed by atoms with Crippen LogP contribution in [-0.4, -0.2) is 11.1 Å². The minimum absolute atomic E-state index is 0.169. The second-order valence-electron chi connectivity index (χ2n) is 4.48. The maximum atomic E-state index is 9.39. The Bertz CT molecular complexity index is 398. The Balaban J connectivity index is 1.76. The molecular formula is C12H14N2O. The van der Waals surface area contributed by atoms with E-state index in [1.165, 1.54) is 12.8 Å². The molecule has 0 amide bonds. The quantitative estimate of drug-likeness (QED) is 0.787. The van der Waals surface area contributed by atoms with E-state index in [0.29, 0.717) is 11.8 Å². The van der Waals surface area contributed by atoms with E-state index >= 15 is 0 Å². The van der Waals surface area contributed by atoms with Gasteiger partial charge < -0.3 is 5.11 Å². The Labute approximate surface area is 88.9 Å². The van der Waals surface area contributed by atoms with Gasteiger partial charge in [-0.3, -0.25) is 0 Å². The fraction of sp³-hybridized carbons (Fsp3) is 0.500. The van der Waals surface area contributed by atoms with Crippen LogP contribution in [0.3, 0.4) is 0 Å². The van der Waals surface area contributed by atoms with Gasteiger partial charge in [-0.05, 0) is 36.5 Å². The molecule has 1 saturated carbocycles. The molecule has 2 unspecified atom stereocenters. The first-order chi connectivity index (χ1) is 7.33. The molecule has 1 heterocycles. The third-order valence-electron chi connectivity index (χ3n) is 3.24. The minimum Gasteiger partial charge on any atom is -0.508 e. The molecule has 78 valence electrons. The summed E-state index contributed by atoms with van der Waals surface area (Å²) in [5.41, 5.74) is 1.09. The third-order valence-corrected chi connectivity index (χ3v) is 3.24. The molecule has 2 aliphatic rings. The van der Waals surface area contributed by atoms with Crippen LogP contribution in [-0.2, 0) is 0 Å². The smallest absolute Gasteiger partial charge is 0.115 e. The number of aromatic hydroxyl groups is 1. The van der Waals surface area contributed by atoms with Gasteiger partial charge in [-0.25, -0.2) is 0 Å². The SMILES string of the molecule is Oc1cccc(C2CC(C3CC3)N=N2)c1. The Morgan fingerprint density at radius 2 is 2.07 bits per heavy atom. The summed E-state index contributed by atoms with van der Waals surface area (Å²) in [7, 11) is 0. The summed E-state index contributed by atoms with van der Waals surface area (Å²) >= 11 is 0. The zero-order valence-corrected chi connectivity index (χ0v) is 8.50. The van der Waals surface area contributed by atoms with Crippen molar-refractivity contribution < 1.29 is 5.11 Å². The van der Waals surface area contributed by atoms with Gasteiger partial charge in [0, 0.05) is 6.42 Å².